The van der Waals surface area contributed by atoms with Crippen molar-refractivity contribution in [3.8, 4) is 11.5 Å². The van der Waals surface area contributed by atoms with Crippen LogP contribution in [0.15, 0.2) is 45.6 Å². The van der Waals surface area contributed by atoms with E-state index in [-0.39, 0.29) is 24.2 Å². The van der Waals surface area contributed by atoms with Crippen molar-refractivity contribution in [3.63, 3.8) is 0 Å². The van der Waals surface area contributed by atoms with Gasteiger partial charge in [-0.2, -0.15) is 0 Å². The Balaban J connectivity index is 1.17. The molecule has 0 radical (unpaired) electrons. The molecule has 1 atom stereocenters. The Hall–Kier alpha value is -3.74. The number of nitrogens with one attached hydrogen (secondary N) is 2. The second kappa shape index (κ2) is 8.24. The SMILES string of the molecule is COc1ccc2[nH]c3c(c2c1)CCC[C@H]3NC(=O)COc1ccc2c3c(c(=O)oc2c1)CCC3. The largest absolute Gasteiger partial charge is 0.497 e. The number of methoxy groups -OCH3 is 1. The maximum Gasteiger partial charge on any atom is 0.339 e. The number of aromatic amines is 1. The second-order valence-corrected chi connectivity index (χ2v) is 9.09. The van der Waals surface area contributed by atoms with Gasteiger partial charge in [-0.1, -0.05) is 0 Å². The Kier molecular flexibility index (Phi) is 5.05. The molecule has 0 spiro atoms. The van der Waals surface area contributed by atoms with Gasteiger partial charge in [0.05, 0.1) is 13.2 Å². The Morgan fingerprint density at radius 3 is 2.74 bits per heavy atom. The van der Waals surface area contributed by atoms with Gasteiger partial charge in [0, 0.05) is 33.6 Å². The number of carbonyl (C=O) groups is 1. The van der Waals surface area contributed by atoms with Gasteiger partial charge in [-0.05, 0) is 80.0 Å². The van der Waals surface area contributed by atoms with Crippen LogP contribution >= 0.6 is 0 Å². The lowest BCUT2D eigenvalue weighted by Gasteiger charge is -2.24. The van der Waals surface area contributed by atoms with Crippen LogP contribution in [0, 0.1) is 0 Å². The maximum absolute atomic E-state index is 12.7. The van der Waals surface area contributed by atoms with Crippen LogP contribution in [0.4, 0.5) is 0 Å². The van der Waals surface area contributed by atoms with Crippen LogP contribution in [-0.2, 0) is 24.1 Å². The summed E-state index contributed by atoms with van der Waals surface area (Å²) in [5, 5.41) is 5.22. The van der Waals surface area contributed by atoms with Gasteiger partial charge in [0.2, 0.25) is 0 Å². The first kappa shape index (κ1) is 20.8. The van der Waals surface area contributed by atoms with E-state index in [1.54, 1.807) is 13.2 Å². The third-order valence-corrected chi connectivity index (χ3v) is 7.06. The van der Waals surface area contributed by atoms with E-state index < -0.39 is 0 Å². The quantitative estimate of drug-likeness (QED) is 0.434. The zero-order chi connectivity index (χ0) is 23.2. The fourth-order valence-corrected chi connectivity index (χ4v) is 5.45. The summed E-state index contributed by atoms with van der Waals surface area (Å²) in [6.07, 6.45) is 5.48. The second-order valence-electron chi connectivity index (χ2n) is 9.09. The average molecular weight is 459 g/mol. The minimum atomic E-state index is -0.265. The molecule has 174 valence electrons. The number of hydrogen-bond donors (Lipinski definition) is 2. The highest BCUT2D eigenvalue weighted by atomic mass is 16.5. The van der Waals surface area contributed by atoms with Crippen LogP contribution in [0.1, 0.15) is 47.7 Å². The molecule has 2 heterocycles. The van der Waals surface area contributed by atoms with Crippen molar-refractivity contribution in [2.45, 2.75) is 44.6 Å². The normalized spacial score (nSPS) is 16.9. The molecule has 6 rings (SSSR count). The molecular formula is C27H26N2O5. The van der Waals surface area contributed by atoms with Crippen LogP contribution < -0.4 is 20.4 Å². The maximum atomic E-state index is 12.7. The molecule has 0 fully saturated rings. The average Bonchev–Trinajstić information content (AvgIpc) is 3.48. The molecule has 2 N–H and O–H groups in total. The van der Waals surface area contributed by atoms with E-state index in [9.17, 15) is 9.59 Å². The molecular weight excluding hydrogens is 432 g/mol. The number of amides is 1. The number of aryl methyl sites for hydroxylation is 2. The monoisotopic (exact) mass is 458 g/mol. The van der Waals surface area contributed by atoms with Crippen molar-refractivity contribution in [1.82, 2.24) is 10.3 Å². The van der Waals surface area contributed by atoms with Gasteiger partial charge in [-0.25, -0.2) is 4.79 Å². The lowest BCUT2D eigenvalue weighted by molar-refractivity contribution is -0.124. The summed E-state index contributed by atoms with van der Waals surface area (Å²) in [5.41, 5.74) is 5.47. The Labute approximate surface area is 196 Å². The number of hydrogen-bond acceptors (Lipinski definition) is 5. The van der Waals surface area contributed by atoms with Crippen LogP contribution in [0.25, 0.3) is 21.9 Å². The number of H-pyrrole nitrogens is 1. The molecule has 2 aliphatic rings. The summed E-state index contributed by atoms with van der Waals surface area (Å²) >= 11 is 0. The number of benzene rings is 2. The van der Waals surface area contributed by atoms with Gasteiger partial charge in [-0.15, -0.1) is 0 Å². The van der Waals surface area contributed by atoms with Gasteiger partial charge in [0.1, 0.15) is 17.1 Å². The Morgan fingerprint density at radius 2 is 1.85 bits per heavy atom. The molecule has 2 aromatic heterocycles. The molecule has 0 saturated carbocycles. The first-order valence-electron chi connectivity index (χ1n) is 11.8. The first-order chi connectivity index (χ1) is 16.6. The fraction of sp³-hybridized carbons (Fsp3) is 0.333. The van der Waals surface area contributed by atoms with Crippen LogP contribution in [-0.4, -0.2) is 24.6 Å². The van der Waals surface area contributed by atoms with E-state index in [2.05, 4.69) is 10.3 Å². The lowest BCUT2D eigenvalue weighted by Crippen LogP contribution is -2.34. The molecule has 1 amide bonds. The Morgan fingerprint density at radius 1 is 1.03 bits per heavy atom. The molecule has 2 aromatic carbocycles. The topological polar surface area (TPSA) is 93.6 Å². The summed E-state index contributed by atoms with van der Waals surface area (Å²) < 4.78 is 16.6. The molecule has 34 heavy (non-hydrogen) atoms. The number of ether oxygens (including phenoxy) is 2. The van der Waals surface area contributed by atoms with Crippen molar-refractivity contribution in [2.24, 2.45) is 0 Å². The predicted molar refractivity (Wildman–Crippen MR) is 129 cm³/mol. The molecule has 4 aromatic rings. The minimum Gasteiger partial charge on any atom is -0.497 e. The molecule has 2 aliphatic carbocycles. The van der Waals surface area contributed by atoms with E-state index in [0.717, 1.165) is 77.4 Å². The predicted octanol–water partition coefficient (Wildman–Crippen LogP) is 4.34. The zero-order valence-corrected chi connectivity index (χ0v) is 19.0. The van der Waals surface area contributed by atoms with Gasteiger partial charge in [0.25, 0.3) is 5.91 Å². The van der Waals surface area contributed by atoms with Crippen molar-refractivity contribution in [3.05, 3.63) is 69.2 Å². The third kappa shape index (κ3) is 3.52. The summed E-state index contributed by atoms with van der Waals surface area (Å²) in [6, 6.07) is 11.4. The third-order valence-electron chi connectivity index (χ3n) is 7.06. The van der Waals surface area contributed by atoms with E-state index in [1.807, 2.05) is 30.3 Å². The van der Waals surface area contributed by atoms with Crippen LogP contribution in [0.2, 0.25) is 0 Å². The smallest absolute Gasteiger partial charge is 0.339 e. The van der Waals surface area contributed by atoms with Gasteiger partial charge in [0.15, 0.2) is 6.61 Å². The zero-order valence-electron chi connectivity index (χ0n) is 19.0. The summed E-state index contributed by atoms with van der Waals surface area (Å²) in [7, 11) is 1.67. The number of aromatic nitrogens is 1. The fourth-order valence-electron chi connectivity index (χ4n) is 5.45. The molecule has 0 saturated heterocycles. The highest BCUT2D eigenvalue weighted by Gasteiger charge is 2.26. The highest BCUT2D eigenvalue weighted by molar-refractivity contribution is 5.87. The molecule has 0 aliphatic heterocycles. The van der Waals surface area contributed by atoms with Crippen molar-refractivity contribution >= 4 is 27.8 Å². The van der Waals surface area contributed by atoms with E-state index in [1.165, 1.54) is 5.56 Å². The van der Waals surface area contributed by atoms with Gasteiger partial charge >= 0.3 is 5.63 Å². The van der Waals surface area contributed by atoms with Gasteiger partial charge in [-0.3, -0.25) is 4.79 Å². The number of fused-ring (bicyclic) bond motifs is 6. The summed E-state index contributed by atoms with van der Waals surface area (Å²) in [5.74, 6) is 1.14. The summed E-state index contributed by atoms with van der Waals surface area (Å²) in [4.78, 5) is 28.5. The number of carbonyl (C=O) groups excluding carboxylic acids is 1. The molecule has 0 unspecified atom stereocenters. The Bertz CT molecular complexity index is 1480. The van der Waals surface area contributed by atoms with Crippen LogP contribution in [0.3, 0.4) is 0 Å². The first-order valence-corrected chi connectivity index (χ1v) is 11.8. The molecule has 7 nitrogen and oxygen atoms in total. The summed E-state index contributed by atoms with van der Waals surface area (Å²) in [6.45, 7) is -0.111. The highest BCUT2D eigenvalue weighted by Crippen LogP contribution is 2.36. The molecule has 7 heteroatoms. The number of rotatable bonds is 5. The molecule has 0 bridgehead atoms. The standard InChI is InChI=1S/C27H26N2O5/c1-32-15-9-11-22-21(12-15)19-5-3-7-23(26(19)29-22)28-25(30)14-33-16-8-10-18-17-4-2-6-20(17)27(31)34-24(18)13-16/h8-13,23,29H,2-7,14H2,1H3,(H,28,30)/t23-/m1/s1. The van der Waals surface area contributed by atoms with Crippen LogP contribution in [0.5, 0.6) is 11.5 Å². The lowest BCUT2D eigenvalue weighted by atomic mass is 9.91. The van der Waals surface area contributed by atoms with Crippen molar-refractivity contribution < 1.29 is 18.7 Å². The van der Waals surface area contributed by atoms with E-state index in [0.29, 0.717) is 11.3 Å². The van der Waals surface area contributed by atoms with Gasteiger partial charge < -0.3 is 24.2 Å². The minimum absolute atomic E-state index is 0.0875. The van der Waals surface area contributed by atoms with Crippen molar-refractivity contribution in [2.75, 3.05) is 13.7 Å². The van der Waals surface area contributed by atoms with E-state index >= 15 is 0 Å². The van der Waals surface area contributed by atoms with E-state index in [4.69, 9.17) is 13.9 Å². The van der Waals surface area contributed by atoms with Crippen molar-refractivity contribution in [1.29, 1.82) is 0 Å².